The van der Waals surface area contributed by atoms with E-state index in [0.717, 1.165) is 0 Å². The van der Waals surface area contributed by atoms with Crippen LogP contribution < -0.4 is 0 Å². The Morgan fingerprint density at radius 1 is 1.15 bits per heavy atom. The Morgan fingerprint density at radius 3 is 1.92 bits per heavy atom. The summed E-state index contributed by atoms with van der Waals surface area (Å²) in [6.07, 6.45) is -10.6. The first-order valence-corrected chi connectivity index (χ1v) is 3.52. The Balaban J connectivity index is 4.32. The van der Waals surface area contributed by atoms with E-state index < -0.39 is 37.5 Å². The molecule has 0 aliphatic rings. The summed E-state index contributed by atoms with van der Waals surface area (Å²) in [7, 11) is 0. The van der Waals surface area contributed by atoms with Gasteiger partial charge in [-0.3, -0.25) is 0 Å². The summed E-state index contributed by atoms with van der Waals surface area (Å²) in [5.74, 6) is -4.06. The van der Waals surface area contributed by atoms with Gasteiger partial charge in [-0.25, -0.2) is 26.3 Å². The van der Waals surface area contributed by atoms with E-state index in [1.165, 1.54) is 0 Å². The number of hydrogen-bond acceptors (Lipinski definition) is 0. The predicted molar refractivity (Wildman–Crippen MR) is 35.6 cm³/mol. The van der Waals surface area contributed by atoms with E-state index in [4.69, 9.17) is 0 Å². The molecule has 0 amide bonds. The topological polar surface area (TPSA) is 0 Å². The van der Waals surface area contributed by atoms with Crippen molar-refractivity contribution in [2.75, 3.05) is 6.67 Å². The molecule has 0 aliphatic carbocycles. The van der Waals surface area contributed by atoms with Crippen molar-refractivity contribution in [3.8, 4) is 0 Å². The fourth-order valence-corrected chi connectivity index (χ4v) is 0.639. The molecule has 0 fully saturated rings. The molecule has 0 saturated heterocycles. The van der Waals surface area contributed by atoms with Crippen LogP contribution in [0.15, 0.2) is 0 Å². The molecule has 0 aromatic carbocycles. The molecule has 0 N–H and O–H groups in total. The molecule has 0 bridgehead atoms. The van der Waals surface area contributed by atoms with Gasteiger partial charge in [0, 0.05) is 6.42 Å². The molecule has 0 rings (SSSR count). The van der Waals surface area contributed by atoms with Crippen molar-refractivity contribution in [1.29, 1.82) is 0 Å². The van der Waals surface area contributed by atoms with Gasteiger partial charge in [0.15, 0.2) is 18.5 Å². The maximum Gasteiger partial charge on any atom is 0.281 e. The average molecular weight is 207 g/mol. The molecular formula is C7H9F6. The lowest BCUT2D eigenvalue weighted by Crippen LogP contribution is -2.42. The van der Waals surface area contributed by atoms with E-state index in [9.17, 15) is 26.3 Å². The minimum Gasteiger partial charge on any atom is -0.248 e. The Morgan fingerprint density at radius 2 is 1.62 bits per heavy atom. The van der Waals surface area contributed by atoms with Crippen LogP contribution in [0.3, 0.4) is 0 Å². The van der Waals surface area contributed by atoms with Gasteiger partial charge in [0.2, 0.25) is 0 Å². The Kier molecular flexibility index (Phi) is 4.56. The first kappa shape index (κ1) is 12.6. The minimum absolute atomic E-state index is 1.20. The molecule has 79 valence electrons. The van der Waals surface area contributed by atoms with Crippen LogP contribution in [-0.2, 0) is 0 Å². The van der Waals surface area contributed by atoms with Gasteiger partial charge in [0.1, 0.15) is 6.67 Å². The zero-order valence-corrected chi connectivity index (χ0v) is 6.62. The molecule has 13 heavy (non-hydrogen) atoms. The molecular weight excluding hydrogens is 198 g/mol. The summed E-state index contributed by atoms with van der Waals surface area (Å²) in [5, 5.41) is 0. The molecule has 0 aliphatic heterocycles. The van der Waals surface area contributed by atoms with Crippen LogP contribution in [0.1, 0.15) is 6.42 Å². The SMILES string of the molecule is [CH2]CC(F)(F)[C@@H](F)C(F)C(F)CF. The van der Waals surface area contributed by atoms with E-state index in [0.29, 0.717) is 0 Å². The van der Waals surface area contributed by atoms with Crippen molar-refractivity contribution < 1.29 is 26.3 Å². The van der Waals surface area contributed by atoms with Crippen molar-refractivity contribution in [3.05, 3.63) is 6.92 Å². The minimum atomic E-state index is -4.06. The van der Waals surface area contributed by atoms with Crippen molar-refractivity contribution in [3.63, 3.8) is 0 Å². The highest BCUT2D eigenvalue weighted by Gasteiger charge is 2.47. The van der Waals surface area contributed by atoms with Gasteiger partial charge < -0.3 is 0 Å². The normalized spacial score (nSPS) is 19.6. The Bertz CT molecular complexity index is 148. The quantitative estimate of drug-likeness (QED) is 0.608. The first-order valence-electron chi connectivity index (χ1n) is 3.52. The largest absolute Gasteiger partial charge is 0.281 e. The fourth-order valence-electron chi connectivity index (χ4n) is 0.639. The summed E-state index contributed by atoms with van der Waals surface area (Å²) >= 11 is 0. The van der Waals surface area contributed by atoms with E-state index in [1.54, 1.807) is 0 Å². The van der Waals surface area contributed by atoms with E-state index in [-0.39, 0.29) is 0 Å². The second-order valence-corrected chi connectivity index (χ2v) is 2.53. The third-order valence-corrected chi connectivity index (χ3v) is 1.51. The molecule has 1 radical (unpaired) electrons. The van der Waals surface area contributed by atoms with Crippen LogP contribution in [0.5, 0.6) is 0 Å². The first-order chi connectivity index (χ1) is 5.86. The van der Waals surface area contributed by atoms with Crippen LogP contribution in [0.25, 0.3) is 0 Å². The second-order valence-electron chi connectivity index (χ2n) is 2.53. The molecule has 2 unspecified atom stereocenters. The van der Waals surface area contributed by atoms with Gasteiger partial charge in [-0.1, -0.05) is 0 Å². The van der Waals surface area contributed by atoms with E-state index >= 15 is 0 Å². The van der Waals surface area contributed by atoms with E-state index in [2.05, 4.69) is 6.92 Å². The molecule has 3 atom stereocenters. The van der Waals surface area contributed by atoms with E-state index in [1.807, 2.05) is 0 Å². The number of alkyl halides is 6. The van der Waals surface area contributed by atoms with Crippen LogP contribution in [0.4, 0.5) is 26.3 Å². The van der Waals surface area contributed by atoms with Crippen molar-refractivity contribution in [2.45, 2.75) is 30.9 Å². The summed E-state index contributed by atoms with van der Waals surface area (Å²) in [6, 6.07) is 0. The van der Waals surface area contributed by atoms with Gasteiger partial charge >= 0.3 is 0 Å². The van der Waals surface area contributed by atoms with Crippen molar-refractivity contribution in [2.24, 2.45) is 0 Å². The van der Waals surface area contributed by atoms with Crippen molar-refractivity contribution >= 4 is 0 Å². The summed E-state index contributed by atoms with van der Waals surface area (Å²) in [5.41, 5.74) is 0. The molecule has 0 nitrogen and oxygen atoms in total. The van der Waals surface area contributed by atoms with Gasteiger partial charge in [0.05, 0.1) is 0 Å². The highest BCUT2D eigenvalue weighted by atomic mass is 19.3. The van der Waals surface area contributed by atoms with Gasteiger partial charge in [-0.15, -0.1) is 0 Å². The maximum atomic E-state index is 12.4. The standard InChI is InChI=1S/C7H9F6/c1-2-7(12,13)6(11)5(10)4(9)3-8/h4-6H,1-3H2/t4?,5?,6-/m0/s1. The number of rotatable bonds is 5. The van der Waals surface area contributed by atoms with Gasteiger partial charge in [0.25, 0.3) is 5.92 Å². The molecule has 0 aromatic heterocycles. The van der Waals surface area contributed by atoms with Gasteiger partial charge in [-0.05, 0) is 6.92 Å². The molecule has 0 aromatic rings. The highest BCUT2D eigenvalue weighted by Crippen LogP contribution is 2.30. The maximum absolute atomic E-state index is 12.4. The molecule has 0 heterocycles. The lowest BCUT2D eigenvalue weighted by Gasteiger charge is -2.22. The predicted octanol–water partition coefficient (Wildman–Crippen LogP) is 2.83. The molecule has 0 spiro atoms. The zero-order valence-electron chi connectivity index (χ0n) is 6.62. The van der Waals surface area contributed by atoms with Crippen LogP contribution in [0.2, 0.25) is 0 Å². The van der Waals surface area contributed by atoms with Gasteiger partial charge in [-0.2, -0.15) is 0 Å². The summed E-state index contributed by atoms with van der Waals surface area (Å²) in [4.78, 5) is 0. The lowest BCUT2D eigenvalue weighted by molar-refractivity contribution is -0.111. The van der Waals surface area contributed by atoms with Crippen LogP contribution in [-0.4, -0.2) is 31.1 Å². The smallest absolute Gasteiger partial charge is 0.248 e. The lowest BCUT2D eigenvalue weighted by atomic mass is 10.0. The Labute approximate surface area is 71.9 Å². The number of hydrogen-bond donors (Lipinski definition) is 0. The second kappa shape index (κ2) is 4.72. The molecule has 6 heteroatoms. The van der Waals surface area contributed by atoms with Crippen molar-refractivity contribution in [1.82, 2.24) is 0 Å². The Hall–Kier alpha value is -0.420. The number of halogens is 6. The fraction of sp³-hybridized carbons (Fsp3) is 0.857. The summed E-state index contributed by atoms with van der Waals surface area (Å²) in [6.45, 7) is 0.849. The third kappa shape index (κ3) is 3.08. The van der Waals surface area contributed by atoms with Crippen LogP contribution >= 0.6 is 0 Å². The zero-order chi connectivity index (χ0) is 10.6. The molecule has 0 saturated carbocycles. The highest BCUT2D eigenvalue weighted by molar-refractivity contribution is 4.87. The third-order valence-electron chi connectivity index (χ3n) is 1.51. The monoisotopic (exact) mass is 207 g/mol. The van der Waals surface area contributed by atoms with Crippen LogP contribution in [0, 0.1) is 6.92 Å². The average Bonchev–Trinajstić information content (AvgIpc) is 2.14. The summed E-state index contributed by atoms with van der Waals surface area (Å²) < 4.78 is 73.0.